The number of rotatable bonds is 6. The summed E-state index contributed by atoms with van der Waals surface area (Å²) in [6.45, 7) is 9.66. The molecule has 11 heteroatoms. The maximum atomic E-state index is 13.9. The molecule has 2 saturated heterocycles. The Bertz CT molecular complexity index is 1090. The van der Waals surface area contributed by atoms with Crippen molar-refractivity contribution in [3.05, 3.63) is 29.6 Å². The maximum Gasteiger partial charge on any atom is 0.396 e. The van der Waals surface area contributed by atoms with E-state index in [1.807, 2.05) is 4.90 Å². The molecule has 1 N–H and O–H groups in total. The van der Waals surface area contributed by atoms with Gasteiger partial charge in [-0.25, -0.2) is 15.0 Å². The lowest BCUT2D eigenvalue weighted by Crippen LogP contribution is -2.38. The number of alkyl halides is 3. The fraction of sp³-hybridized carbons (Fsp3) is 0.680. The van der Waals surface area contributed by atoms with E-state index in [1.54, 1.807) is 0 Å². The number of nitrogens with one attached hydrogen (secondary N) is 1. The molecule has 0 bridgehead atoms. The number of amides is 1. The summed E-state index contributed by atoms with van der Waals surface area (Å²) in [6, 6.07) is 0. The minimum Gasteiger partial charge on any atom is -0.356 e. The Morgan fingerprint density at radius 3 is 2.47 bits per heavy atom. The van der Waals surface area contributed by atoms with Crippen molar-refractivity contribution < 1.29 is 18.0 Å². The smallest absolute Gasteiger partial charge is 0.356 e. The number of hydrogen-bond donors (Lipinski definition) is 1. The van der Waals surface area contributed by atoms with Crippen LogP contribution in [0.5, 0.6) is 0 Å². The Hall–Kier alpha value is -2.69. The van der Waals surface area contributed by atoms with Crippen molar-refractivity contribution in [1.82, 2.24) is 24.4 Å². The summed E-state index contributed by atoms with van der Waals surface area (Å²) in [5.74, 6) is -0.659. The van der Waals surface area contributed by atoms with Gasteiger partial charge in [0.05, 0.1) is 17.2 Å². The van der Waals surface area contributed by atoms with Crippen molar-refractivity contribution in [3.8, 4) is 0 Å². The molecular weight excluding hydrogens is 471 g/mol. The molecule has 0 spiro atoms. The lowest BCUT2D eigenvalue weighted by molar-refractivity contribution is -0.156. The van der Waals surface area contributed by atoms with E-state index in [-0.39, 0.29) is 23.1 Å². The zero-order chi connectivity index (χ0) is 25.4. The molecule has 5 heterocycles. The highest BCUT2D eigenvalue weighted by molar-refractivity contribution is 5.94. The quantitative estimate of drug-likeness (QED) is 0.632. The molecule has 3 aliphatic rings. The van der Waals surface area contributed by atoms with Crippen LogP contribution in [0.15, 0.2) is 12.5 Å². The molecular formula is C25H34F3N7O. The zero-order valence-corrected chi connectivity index (χ0v) is 20.9. The van der Waals surface area contributed by atoms with Gasteiger partial charge in [-0.1, -0.05) is 13.8 Å². The third-order valence-electron chi connectivity index (χ3n) is 7.69. The van der Waals surface area contributed by atoms with Gasteiger partial charge in [-0.15, -0.1) is 0 Å². The lowest BCUT2D eigenvalue weighted by atomic mass is 9.90. The van der Waals surface area contributed by atoms with Gasteiger partial charge in [0.25, 0.3) is 0 Å². The lowest BCUT2D eigenvalue weighted by Gasteiger charge is -2.36. The average molecular weight is 506 g/mol. The second-order valence-corrected chi connectivity index (χ2v) is 10.5. The first-order chi connectivity index (χ1) is 17.2. The summed E-state index contributed by atoms with van der Waals surface area (Å²) >= 11 is 0. The molecule has 0 aliphatic carbocycles. The van der Waals surface area contributed by atoms with Crippen LogP contribution in [0.1, 0.15) is 80.8 Å². The summed E-state index contributed by atoms with van der Waals surface area (Å²) in [5.41, 5.74) is 1.07. The van der Waals surface area contributed by atoms with Gasteiger partial charge < -0.3 is 19.7 Å². The molecule has 3 aliphatic heterocycles. The van der Waals surface area contributed by atoms with E-state index in [2.05, 4.69) is 44.8 Å². The molecule has 8 nitrogen and oxygen atoms in total. The van der Waals surface area contributed by atoms with E-state index in [9.17, 15) is 18.0 Å². The number of anilines is 2. The molecule has 1 amide bonds. The van der Waals surface area contributed by atoms with Crippen LogP contribution in [-0.2, 0) is 11.3 Å². The van der Waals surface area contributed by atoms with Crippen LogP contribution in [0.4, 0.5) is 24.8 Å². The monoisotopic (exact) mass is 505 g/mol. The van der Waals surface area contributed by atoms with Gasteiger partial charge in [0, 0.05) is 44.7 Å². The molecule has 0 aromatic carbocycles. The first-order valence-electron chi connectivity index (χ1n) is 13.0. The minimum atomic E-state index is -4.54. The maximum absolute atomic E-state index is 13.9. The summed E-state index contributed by atoms with van der Waals surface area (Å²) in [7, 11) is 0. The number of hydrogen-bond acceptors (Lipinski definition) is 6. The Kier molecular flexibility index (Phi) is 6.93. The SMILES string of the molecule is CC(C)c1cn(CCN2CCCC2)c(C2CCN(c3ncnc4c3C(C(F)(F)F)CC(=O)N4)CC2)n1. The van der Waals surface area contributed by atoms with Gasteiger partial charge in [-0.3, -0.25) is 4.79 Å². The van der Waals surface area contributed by atoms with Crippen LogP contribution >= 0.6 is 0 Å². The third kappa shape index (κ3) is 5.07. The highest BCUT2D eigenvalue weighted by atomic mass is 19.4. The number of nitrogens with zero attached hydrogens (tertiary/aromatic N) is 6. The molecule has 1 atom stereocenters. The molecule has 2 aromatic rings. The number of aromatic nitrogens is 4. The Balaban J connectivity index is 1.34. The van der Waals surface area contributed by atoms with E-state index in [1.165, 1.54) is 19.2 Å². The standard InChI is InChI=1S/C25H34F3N7O/c1-16(2)19-14-35(12-11-33-7-3-4-8-33)23(31-19)17-5-9-34(10-6-17)24-21-18(25(26,27)28)13-20(36)32-22(21)29-15-30-24/h14-18H,3-13H2,1-2H3,(H,29,30,32,36). The third-order valence-corrected chi connectivity index (χ3v) is 7.69. The molecule has 5 rings (SSSR count). The first kappa shape index (κ1) is 25.0. The highest BCUT2D eigenvalue weighted by Gasteiger charge is 2.48. The van der Waals surface area contributed by atoms with Gasteiger partial charge in [-0.05, 0) is 44.7 Å². The number of carbonyl (C=O) groups excluding carboxylic acids is 1. The largest absolute Gasteiger partial charge is 0.396 e. The summed E-state index contributed by atoms with van der Waals surface area (Å²) in [4.78, 5) is 29.5. The van der Waals surface area contributed by atoms with Crippen LogP contribution in [0.2, 0.25) is 0 Å². The molecule has 2 aromatic heterocycles. The van der Waals surface area contributed by atoms with E-state index in [0.29, 0.717) is 19.0 Å². The fourth-order valence-electron chi connectivity index (χ4n) is 5.65. The molecule has 0 saturated carbocycles. The van der Waals surface area contributed by atoms with Crippen LogP contribution < -0.4 is 10.2 Å². The predicted molar refractivity (Wildman–Crippen MR) is 130 cm³/mol. The number of piperidine rings is 1. The summed E-state index contributed by atoms with van der Waals surface area (Å²) in [6.07, 6.45) is 2.31. The predicted octanol–water partition coefficient (Wildman–Crippen LogP) is 4.26. The Labute approximate surface area is 209 Å². The minimum absolute atomic E-state index is 0.0164. The highest BCUT2D eigenvalue weighted by Crippen LogP contribution is 2.46. The van der Waals surface area contributed by atoms with E-state index < -0.39 is 24.4 Å². The fourth-order valence-corrected chi connectivity index (χ4v) is 5.65. The van der Waals surface area contributed by atoms with Crippen molar-refractivity contribution in [3.63, 3.8) is 0 Å². The molecule has 1 unspecified atom stereocenters. The van der Waals surface area contributed by atoms with Gasteiger partial charge in [0.2, 0.25) is 5.91 Å². The number of halogens is 3. The van der Waals surface area contributed by atoms with E-state index >= 15 is 0 Å². The van der Waals surface area contributed by atoms with Crippen LogP contribution in [-0.4, -0.2) is 69.2 Å². The van der Waals surface area contributed by atoms with Crippen molar-refractivity contribution in [2.45, 2.75) is 76.4 Å². The summed E-state index contributed by atoms with van der Waals surface area (Å²) < 4.78 is 43.9. The van der Waals surface area contributed by atoms with Gasteiger partial charge in [-0.2, -0.15) is 13.2 Å². The van der Waals surface area contributed by atoms with Crippen LogP contribution in [0.3, 0.4) is 0 Å². The van der Waals surface area contributed by atoms with Crippen molar-refractivity contribution in [2.24, 2.45) is 0 Å². The average Bonchev–Trinajstić information content (AvgIpc) is 3.51. The van der Waals surface area contributed by atoms with Crippen LogP contribution in [0.25, 0.3) is 0 Å². The molecule has 36 heavy (non-hydrogen) atoms. The Morgan fingerprint density at radius 2 is 1.81 bits per heavy atom. The first-order valence-corrected chi connectivity index (χ1v) is 13.0. The molecule has 0 radical (unpaired) electrons. The van der Waals surface area contributed by atoms with Gasteiger partial charge in [0.1, 0.15) is 23.8 Å². The molecule has 2 fully saturated rings. The van der Waals surface area contributed by atoms with E-state index in [4.69, 9.17) is 4.98 Å². The number of fused-ring (bicyclic) bond motifs is 1. The zero-order valence-electron chi connectivity index (χ0n) is 20.9. The van der Waals surface area contributed by atoms with Crippen LogP contribution in [0, 0.1) is 0 Å². The van der Waals surface area contributed by atoms with Gasteiger partial charge in [0.15, 0.2) is 0 Å². The van der Waals surface area contributed by atoms with Crippen molar-refractivity contribution in [1.29, 1.82) is 0 Å². The van der Waals surface area contributed by atoms with E-state index in [0.717, 1.165) is 50.5 Å². The van der Waals surface area contributed by atoms with Crippen molar-refractivity contribution in [2.75, 3.05) is 42.9 Å². The normalized spacial score (nSPS) is 21.8. The van der Waals surface area contributed by atoms with Gasteiger partial charge >= 0.3 is 6.18 Å². The second kappa shape index (κ2) is 9.99. The van der Waals surface area contributed by atoms with Crippen molar-refractivity contribution >= 4 is 17.5 Å². The topological polar surface area (TPSA) is 79.2 Å². The second-order valence-electron chi connectivity index (χ2n) is 10.5. The number of likely N-dealkylation sites (tertiary alicyclic amines) is 1. The summed E-state index contributed by atoms with van der Waals surface area (Å²) in [5, 5.41) is 2.50. The Morgan fingerprint density at radius 1 is 1.08 bits per heavy atom. The number of imidazole rings is 1. The number of carbonyl (C=O) groups is 1. The molecule has 196 valence electrons.